The van der Waals surface area contributed by atoms with Gasteiger partial charge in [-0.3, -0.25) is 0 Å². The van der Waals surface area contributed by atoms with Crippen molar-refractivity contribution in [3.63, 3.8) is 0 Å². The van der Waals surface area contributed by atoms with E-state index in [-0.39, 0.29) is 0 Å². The van der Waals surface area contributed by atoms with Gasteiger partial charge in [0.15, 0.2) is 11.7 Å². The molecule has 0 aliphatic carbocycles. The fraction of sp³-hybridized carbons (Fsp3) is 0.300. The second-order valence-electron chi connectivity index (χ2n) is 3.05. The first-order valence-corrected chi connectivity index (χ1v) is 4.45. The van der Waals surface area contributed by atoms with Gasteiger partial charge >= 0.3 is 0 Å². The van der Waals surface area contributed by atoms with Crippen LogP contribution in [0.5, 0.6) is 0 Å². The van der Waals surface area contributed by atoms with Crippen LogP contribution in [0.2, 0.25) is 0 Å². The molecule has 0 atom stereocenters. The van der Waals surface area contributed by atoms with Gasteiger partial charge in [0.1, 0.15) is 17.7 Å². The smallest absolute Gasteiger partial charge is 0.191 e. The van der Waals surface area contributed by atoms with Crippen molar-refractivity contribution in [2.24, 2.45) is 0 Å². The quantitative estimate of drug-likeness (QED) is 0.807. The van der Waals surface area contributed by atoms with Crippen molar-refractivity contribution in [1.29, 1.82) is 0 Å². The molecule has 4 nitrogen and oxygen atoms in total. The molecular weight excluding hydrogens is 180 g/mol. The second kappa shape index (κ2) is 3.67. The van der Waals surface area contributed by atoms with Crippen molar-refractivity contribution < 1.29 is 8.83 Å². The third-order valence-corrected chi connectivity index (χ3v) is 1.88. The standard InChI is InChI=1S/C10H12N2O2/c1-7-12-9(6-13-7)10-4-3-8(14-10)5-11-2/h3-4,6,11H,5H2,1-2H3. The van der Waals surface area contributed by atoms with Gasteiger partial charge in [0, 0.05) is 6.92 Å². The molecule has 0 bridgehead atoms. The molecule has 0 aliphatic rings. The summed E-state index contributed by atoms with van der Waals surface area (Å²) in [5.74, 6) is 2.28. The van der Waals surface area contributed by atoms with Crippen LogP contribution in [-0.4, -0.2) is 12.0 Å². The minimum Gasteiger partial charge on any atom is -0.458 e. The summed E-state index contributed by atoms with van der Waals surface area (Å²) in [6.07, 6.45) is 1.59. The number of oxazole rings is 1. The van der Waals surface area contributed by atoms with E-state index in [1.165, 1.54) is 0 Å². The van der Waals surface area contributed by atoms with Crippen LogP contribution in [0.25, 0.3) is 11.5 Å². The van der Waals surface area contributed by atoms with Gasteiger partial charge in [-0.05, 0) is 19.2 Å². The molecule has 0 unspecified atom stereocenters. The first kappa shape index (κ1) is 9.02. The highest BCUT2D eigenvalue weighted by atomic mass is 16.4. The topological polar surface area (TPSA) is 51.2 Å². The number of hydrogen-bond acceptors (Lipinski definition) is 4. The predicted molar refractivity (Wildman–Crippen MR) is 51.7 cm³/mol. The molecule has 0 aliphatic heterocycles. The Hall–Kier alpha value is -1.55. The zero-order valence-corrected chi connectivity index (χ0v) is 8.20. The van der Waals surface area contributed by atoms with E-state index in [0.29, 0.717) is 5.89 Å². The summed E-state index contributed by atoms with van der Waals surface area (Å²) in [7, 11) is 1.88. The first-order chi connectivity index (χ1) is 6.79. The van der Waals surface area contributed by atoms with E-state index in [0.717, 1.165) is 23.8 Å². The van der Waals surface area contributed by atoms with Crippen LogP contribution in [0.4, 0.5) is 0 Å². The molecule has 2 rings (SSSR count). The monoisotopic (exact) mass is 192 g/mol. The normalized spacial score (nSPS) is 10.7. The third-order valence-electron chi connectivity index (χ3n) is 1.88. The molecule has 0 aromatic carbocycles. The average Bonchev–Trinajstić information content (AvgIpc) is 2.74. The lowest BCUT2D eigenvalue weighted by Crippen LogP contribution is -2.03. The Morgan fingerprint density at radius 3 is 2.93 bits per heavy atom. The lowest BCUT2D eigenvalue weighted by Gasteiger charge is -1.92. The van der Waals surface area contributed by atoms with Crippen molar-refractivity contribution in [3.05, 3.63) is 30.0 Å². The van der Waals surface area contributed by atoms with Crippen LogP contribution < -0.4 is 5.32 Å². The molecular formula is C10H12N2O2. The van der Waals surface area contributed by atoms with Crippen LogP contribution in [0.1, 0.15) is 11.7 Å². The number of furan rings is 1. The SMILES string of the molecule is CNCc1ccc(-c2coc(C)n2)o1. The molecule has 14 heavy (non-hydrogen) atoms. The van der Waals surface area contributed by atoms with Crippen molar-refractivity contribution >= 4 is 0 Å². The lowest BCUT2D eigenvalue weighted by atomic mass is 10.3. The molecule has 0 amide bonds. The molecule has 0 radical (unpaired) electrons. The number of nitrogens with one attached hydrogen (secondary N) is 1. The maximum absolute atomic E-state index is 5.54. The van der Waals surface area contributed by atoms with Crippen LogP contribution in [-0.2, 0) is 6.54 Å². The zero-order chi connectivity index (χ0) is 9.97. The largest absolute Gasteiger partial charge is 0.458 e. The highest BCUT2D eigenvalue weighted by molar-refractivity contribution is 5.50. The van der Waals surface area contributed by atoms with Gasteiger partial charge in [0.2, 0.25) is 0 Å². The minimum atomic E-state index is 0.645. The Kier molecular flexibility index (Phi) is 2.37. The van der Waals surface area contributed by atoms with E-state index in [2.05, 4.69) is 10.3 Å². The zero-order valence-electron chi connectivity index (χ0n) is 8.20. The fourth-order valence-electron chi connectivity index (χ4n) is 1.26. The molecule has 0 saturated heterocycles. The van der Waals surface area contributed by atoms with E-state index in [1.807, 2.05) is 19.2 Å². The van der Waals surface area contributed by atoms with Gasteiger partial charge < -0.3 is 14.2 Å². The molecule has 0 spiro atoms. The van der Waals surface area contributed by atoms with E-state index in [1.54, 1.807) is 13.2 Å². The summed E-state index contributed by atoms with van der Waals surface area (Å²) in [4.78, 5) is 4.17. The summed E-state index contributed by atoms with van der Waals surface area (Å²) in [5.41, 5.74) is 0.741. The van der Waals surface area contributed by atoms with Crippen molar-refractivity contribution in [3.8, 4) is 11.5 Å². The van der Waals surface area contributed by atoms with Crippen LogP contribution in [0.15, 0.2) is 27.2 Å². The van der Waals surface area contributed by atoms with Gasteiger partial charge in [0.25, 0.3) is 0 Å². The molecule has 1 N–H and O–H groups in total. The van der Waals surface area contributed by atoms with E-state index in [4.69, 9.17) is 8.83 Å². The lowest BCUT2D eigenvalue weighted by molar-refractivity contribution is 0.504. The van der Waals surface area contributed by atoms with E-state index >= 15 is 0 Å². The molecule has 74 valence electrons. The molecule has 2 aromatic heterocycles. The van der Waals surface area contributed by atoms with E-state index < -0.39 is 0 Å². The average molecular weight is 192 g/mol. The van der Waals surface area contributed by atoms with Crippen molar-refractivity contribution in [2.75, 3.05) is 7.05 Å². The van der Waals surface area contributed by atoms with Crippen LogP contribution in [0.3, 0.4) is 0 Å². The maximum atomic E-state index is 5.54. The maximum Gasteiger partial charge on any atom is 0.191 e. The summed E-state index contributed by atoms with van der Waals surface area (Å²) >= 11 is 0. The van der Waals surface area contributed by atoms with Gasteiger partial charge in [-0.1, -0.05) is 0 Å². The Balaban J connectivity index is 2.24. The summed E-state index contributed by atoms with van der Waals surface area (Å²) in [6.45, 7) is 2.53. The highest BCUT2D eigenvalue weighted by Gasteiger charge is 2.07. The number of nitrogens with zero attached hydrogens (tertiary/aromatic N) is 1. The van der Waals surface area contributed by atoms with Crippen molar-refractivity contribution in [2.45, 2.75) is 13.5 Å². The Morgan fingerprint density at radius 2 is 2.29 bits per heavy atom. The highest BCUT2D eigenvalue weighted by Crippen LogP contribution is 2.21. The van der Waals surface area contributed by atoms with Gasteiger partial charge in [-0.25, -0.2) is 4.98 Å². The Morgan fingerprint density at radius 1 is 1.43 bits per heavy atom. The molecule has 2 aromatic rings. The second-order valence-corrected chi connectivity index (χ2v) is 3.05. The van der Waals surface area contributed by atoms with E-state index in [9.17, 15) is 0 Å². The van der Waals surface area contributed by atoms with Crippen LogP contribution >= 0.6 is 0 Å². The number of hydrogen-bond donors (Lipinski definition) is 1. The fourth-order valence-corrected chi connectivity index (χ4v) is 1.26. The summed E-state index contributed by atoms with van der Waals surface area (Å²) in [5, 5.41) is 3.02. The number of rotatable bonds is 3. The molecule has 2 heterocycles. The van der Waals surface area contributed by atoms with Gasteiger partial charge in [-0.2, -0.15) is 0 Å². The molecule has 0 saturated carbocycles. The Labute approximate surface area is 81.9 Å². The minimum absolute atomic E-state index is 0.645. The predicted octanol–water partition coefficient (Wildman–Crippen LogP) is 1.96. The molecule has 0 fully saturated rings. The summed E-state index contributed by atoms with van der Waals surface area (Å²) in [6, 6.07) is 3.82. The molecule has 4 heteroatoms. The van der Waals surface area contributed by atoms with Crippen LogP contribution in [0, 0.1) is 6.92 Å². The number of aromatic nitrogens is 1. The van der Waals surface area contributed by atoms with Gasteiger partial charge in [-0.15, -0.1) is 0 Å². The van der Waals surface area contributed by atoms with Gasteiger partial charge in [0.05, 0.1) is 6.54 Å². The third kappa shape index (κ3) is 1.70. The van der Waals surface area contributed by atoms with Crippen molar-refractivity contribution in [1.82, 2.24) is 10.3 Å². The Bertz CT molecular complexity index is 417. The number of aryl methyl sites for hydroxylation is 1. The summed E-state index contributed by atoms with van der Waals surface area (Å²) < 4.78 is 10.6. The first-order valence-electron chi connectivity index (χ1n) is 4.45.